The van der Waals surface area contributed by atoms with Crippen LogP contribution in [0.2, 0.25) is 0 Å². The van der Waals surface area contributed by atoms with Crippen LogP contribution in [-0.4, -0.2) is 27.3 Å². The first kappa shape index (κ1) is 13.2. The molecule has 1 atom stereocenters. The van der Waals surface area contributed by atoms with Crippen LogP contribution in [0.5, 0.6) is 11.5 Å². The van der Waals surface area contributed by atoms with Crippen molar-refractivity contribution in [2.24, 2.45) is 5.92 Å². The van der Waals surface area contributed by atoms with Gasteiger partial charge in [-0.05, 0) is 56.8 Å². The van der Waals surface area contributed by atoms with Gasteiger partial charge in [-0.2, -0.15) is 0 Å². The van der Waals surface area contributed by atoms with Crippen LogP contribution in [0.1, 0.15) is 24.0 Å². The van der Waals surface area contributed by atoms with Gasteiger partial charge in [-0.1, -0.05) is 6.07 Å². The first-order valence-electron chi connectivity index (χ1n) is 6.67. The van der Waals surface area contributed by atoms with Crippen molar-refractivity contribution in [1.82, 2.24) is 5.32 Å². The van der Waals surface area contributed by atoms with Crippen LogP contribution in [-0.2, 0) is 6.42 Å². The van der Waals surface area contributed by atoms with E-state index in [4.69, 9.17) is 9.47 Å². The van der Waals surface area contributed by atoms with E-state index in [0.717, 1.165) is 31.0 Å². The van der Waals surface area contributed by atoms with Crippen LogP contribution in [0, 0.1) is 12.8 Å². The SMILES string of the molecule is COc1ccc(C)c(CC2CCCNC2)c1OC. The van der Waals surface area contributed by atoms with Crippen molar-refractivity contribution in [3.8, 4) is 11.5 Å². The average Bonchev–Trinajstić information content (AvgIpc) is 2.42. The third-order valence-electron chi connectivity index (χ3n) is 3.77. The predicted octanol–water partition coefficient (Wildman–Crippen LogP) is 2.55. The number of piperidine rings is 1. The van der Waals surface area contributed by atoms with Gasteiger partial charge in [0.25, 0.3) is 0 Å². The highest BCUT2D eigenvalue weighted by Crippen LogP contribution is 2.35. The lowest BCUT2D eigenvalue weighted by atomic mass is 9.90. The number of ether oxygens (including phenoxy) is 2. The first-order chi connectivity index (χ1) is 8.76. The lowest BCUT2D eigenvalue weighted by molar-refractivity contribution is 0.339. The quantitative estimate of drug-likeness (QED) is 0.889. The first-order valence-corrected chi connectivity index (χ1v) is 6.67. The Bertz CT molecular complexity index is 398. The van der Waals surface area contributed by atoms with Gasteiger partial charge in [0.05, 0.1) is 14.2 Å². The van der Waals surface area contributed by atoms with E-state index in [1.54, 1.807) is 14.2 Å². The summed E-state index contributed by atoms with van der Waals surface area (Å²) in [5, 5.41) is 3.47. The van der Waals surface area contributed by atoms with Crippen molar-refractivity contribution in [1.29, 1.82) is 0 Å². The van der Waals surface area contributed by atoms with Crippen LogP contribution in [0.25, 0.3) is 0 Å². The average molecular weight is 249 g/mol. The molecule has 3 heteroatoms. The molecule has 2 rings (SSSR count). The van der Waals surface area contributed by atoms with E-state index in [1.807, 2.05) is 6.07 Å². The summed E-state index contributed by atoms with van der Waals surface area (Å²) >= 11 is 0. The van der Waals surface area contributed by atoms with Gasteiger partial charge < -0.3 is 14.8 Å². The van der Waals surface area contributed by atoms with Gasteiger partial charge in [-0.25, -0.2) is 0 Å². The summed E-state index contributed by atoms with van der Waals surface area (Å²) in [6, 6.07) is 4.10. The second-order valence-corrected chi connectivity index (χ2v) is 5.01. The van der Waals surface area contributed by atoms with Gasteiger partial charge in [-0.3, -0.25) is 0 Å². The van der Waals surface area contributed by atoms with E-state index in [1.165, 1.54) is 24.0 Å². The second kappa shape index (κ2) is 6.10. The Morgan fingerprint density at radius 3 is 2.72 bits per heavy atom. The Balaban J connectivity index is 2.24. The van der Waals surface area contributed by atoms with Gasteiger partial charge in [0, 0.05) is 5.56 Å². The van der Waals surface area contributed by atoms with Crippen LogP contribution in [0.4, 0.5) is 0 Å². The summed E-state index contributed by atoms with van der Waals surface area (Å²) in [6.07, 6.45) is 3.64. The number of hydrogen-bond donors (Lipinski definition) is 1. The fraction of sp³-hybridized carbons (Fsp3) is 0.600. The lowest BCUT2D eigenvalue weighted by Gasteiger charge is -2.24. The zero-order valence-electron chi connectivity index (χ0n) is 11.6. The molecule has 1 aliphatic rings. The third kappa shape index (κ3) is 2.78. The summed E-state index contributed by atoms with van der Waals surface area (Å²) in [5.41, 5.74) is 2.59. The molecule has 0 amide bonds. The van der Waals surface area contributed by atoms with Crippen molar-refractivity contribution in [3.63, 3.8) is 0 Å². The zero-order chi connectivity index (χ0) is 13.0. The van der Waals surface area contributed by atoms with E-state index >= 15 is 0 Å². The Kier molecular flexibility index (Phi) is 4.48. The monoisotopic (exact) mass is 249 g/mol. The normalized spacial score (nSPS) is 19.6. The molecule has 1 fully saturated rings. The standard InChI is InChI=1S/C15H23NO2/c1-11-6-7-14(17-2)15(18-3)13(11)9-12-5-4-8-16-10-12/h6-7,12,16H,4-5,8-10H2,1-3H3. The molecule has 0 radical (unpaired) electrons. The summed E-state index contributed by atoms with van der Waals surface area (Å²) in [4.78, 5) is 0. The molecule has 18 heavy (non-hydrogen) atoms. The number of hydrogen-bond acceptors (Lipinski definition) is 3. The van der Waals surface area contributed by atoms with E-state index in [9.17, 15) is 0 Å². The van der Waals surface area contributed by atoms with Gasteiger partial charge in [0.2, 0.25) is 0 Å². The summed E-state index contributed by atoms with van der Waals surface area (Å²) in [6.45, 7) is 4.41. The molecule has 0 aromatic heterocycles. The fourth-order valence-electron chi connectivity index (χ4n) is 2.73. The number of benzene rings is 1. The van der Waals surface area contributed by atoms with Crippen molar-refractivity contribution < 1.29 is 9.47 Å². The molecular weight excluding hydrogens is 226 g/mol. The lowest BCUT2D eigenvalue weighted by Crippen LogP contribution is -2.31. The molecule has 1 N–H and O–H groups in total. The molecule has 0 saturated carbocycles. The van der Waals surface area contributed by atoms with Crippen LogP contribution in [0.15, 0.2) is 12.1 Å². The molecule has 3 nitrogen and oxygen atoms in total. The minimum atomic E-state index is 0.707. The van der Waals surface area contributed by atoms with Crippen molar-refractivity contribution in [2.45, 2.75) is 26.2 Å². The highest BCUT2D eigenvalue weighted by molar-refractivity contribution is 5.50. The smallest absolute Gasteiger partial charge is 0.164 e. The van der Waals surface area contributed by atoms with E-state index in [-0.39, 0.29) is 0 Å². The van der Waals surface area contributed by atoms with Crippen LogP contribution >= 0.6 is 0 Å². The minimum Gasteiger partial charge on any atom is -0.493 e. The number of rotatable bonds is 4. The zero-order valence-corrected chi connectivity index (χ0v) is 11.6. The molecule has 0 aliphatic carbocycles. The summed E-state index contributed by atoms with van der Waals surface area (Å²) in [5.74, 6) is 2.45. The Morgan fingerprint density at radius 2 is 2.11 bits per heavy atom. The number of methoxy groups -OCH3 is 2. The van der Waals surface area contributed by atoms with Crippen LogP contribution in [0.3, 0.4) is 0 Å². The predicted molar refractivity (Wildman–Crippen MR) is 73.6 cm³/mol. The topological polar surface area (TPSA) is 30.5 Å². The second-order valence-electron chi connectivity index (χ2n) is 5.01. The fourth-order valence-corrected chi connectivity index (χ4v) is 2.73. The molecule has 0 bridgehead atoms. The van der Waals surface area contributed by atoms with E-state index in [0.29, 0.717) is 5.92 Å². The maximum atomic E-state index is 5.54. The van der Waals surface area contributed by atoms with Gasteiger partial charge in [0.1, 0.15) is 0 Å². The van der Waals surface area contributed by atoms with Gasteiger partial charge in [0.15, 0.2) is 11.5 Å². The molecule has 1 saturated heterocycles. The van der Waals surface area contributed by atoms with Crippen molar-refractivity contribution in [2.75, 3.05) is 27.3 Å². The van der Waals surface area contributed by atoms with E-state index in [2.05, 4.69) is 18.3 Å². The Hall–Kier alpha value is -1.22. The maximum Gasteiger partial charge on any atom is 0.164 e. The molecule has 1 unspecified atom stereocenters. The highest BCUT2D eigenvalue weighted by Gasteiger charge is 2.19. The number of nitrogens with one attached hydrogen (secondary N) is 1. The molecular formula is C15H23NO2. The van der Waals surface area contributed by atoms with Crippen molar-refractivity contribution in [3.05, 3.63) is 23.3 Å². The van der Waals surface area contributed by atoms with Crippen LogP contribution < -0.4 is 14.8 Å². The summed E-state index contributed by atoms with van der Waals surface area (Å²) in [7, 11) is 3.42. The highest BCUT2D eigenvalue weighted by atomic mass is 16.5. The Labute approximate surface area is 109 Å². The van der Waals surface area contributed by atoms with E-state index < -0.39 is 0 Å². The molecule has 100 valence electrons. The number of aryl methyl sites for hydroxylation is 1. The van der Waals surface area contributed by atoms with Crippen molar-refractivity contribution >= 4 is 0 Å². The van der Waals surface area contributed by atoms with Gasteiger partial charge in [-0.15, -0.1) is 0 Å². The molecule has 0 spiro atoms. The molecule has 1 aliphatic heterocycles. The Morgan fingerprint density at radius 1 is 1.28 bits per heavy atom. The molecule has 1 aromatic rings. The molecule has 1 aromatic carbocycles. The maximum absolute atomic E-state index is 5.54. The van der Waals surface area contributed by atoms with Gasteiger partial charge >= 0.3 is 0 Å². The molecule has 1 heterocycles. The third-order valence-corrected chi connectivity index (χ3v) is 3.77. The largest absolute Gasteiger partial charge is 0.493 e. The summed E-state index contributed by atoms with van der Waals surface area (Å²) < 4.78 is 10.9. The minimum absolute atomic E-state index is 0.707.